The average Bonchev–Trinajstić information content (AvgIpc) is 2.80. The van der Waals surface area contributed by atoms with Crippen molar-refractivity contribution in [3.63, 3.8) is 0 Å². The van der Waals surface area contributed by atoms with Crippen molar-refractivity contribution in [2.45, 2.75) is 0 Å². The number of piperazine rings is 2. The standard InChI is InChI=1S/C21H28N6O2/c1-29-19-5-3-18(4-6-19)25-11-9-24(10-12-25)17-20(28)26-13-15-27(16-14-26)21-22-7-2-8-23-21/h2-8H,9-17H2,1H3. The summed E-state index contributed by atoms with van der Waals surface area (Å²) >= 11 is 0. The van der Waals surface area contributed by atoms with Crippen LogP contribution in [-0.2, 0) is 4.79 Å². The number of carbonyl (C=O) groups excluding carboxylic acids is 1. The van der Waals surface area contributed by atoms with Crippen LogP contribution in [-0.4, -0.2) is 91.7 Å². The highest BCUT2D eigenvalue weighted by atomic mass is 16.5. The van der Waals surface area contributed by atoms with Gasteiger partial charge in [-0.05, 0) is 30.3 Å². The fourth-order valence-electron chi connectivity index (χ4n) is 3.86. The van der Waals surface area contributed by atoms with Crippen molar-refractivity contribution < 1.29 is 9.53 Å². The average molecular weight is 396 g/mol. The third-order valence-electron chi connectivity index (χ3n) is 5.64. The molecule has 0 atom stereocenters. The highest BCUT2D eigenvalue weighted by molar-refractivity contribution is 5.78. The molecule has 2 fully saturated rings. The first-order chi connectivity index (χ1) is 14.2. The SMILES string of the molecule is COc1ccc(N2CCN(CC(=O)N3CCN(c4ncccn4)CC3)CC2)cc1. The summed E-state index contributed by atoms with van der Waals surface area (Å²) in [6.07, 6.45) is 3.51. The topological polar surface area (TPSA) is 65.0 Å². The normalized spacial score (nSPS) is 18.0. The summed E-state index contributed by atoms with van der Waals surface area (Å²) in [6, 6.07) is 9.99. The molecule has 3 heterocycles. The number of benzene rings is 1. The molecule has 0 spiro atoms. The molecular weight excluding hydrogens is 368 g/mol. The van der Waals surface area contributed by atoms with E-state index in [0.717, 1.165) is 64.1 Å². The molecule has 0 radical (unpaired) electrons. The molecule has 2 saturated heterocycles. The van der Waals surface area contributed by atoms with Gasteiger partial charge in [0.15, 0.2) is 0 Å². The van der Waals surface area contributed by atoms with Gasteiger partial charge in [-0.2, -0.15) is 0 Å². The Balaban J connectivity index is 1.22. The van der Waals surface area contributed by atoms with Crippen LogP contribution in [0.5, 0.6) is 5.75 Å². The second-order valence-electron chi connectivity index (χ2n) is 7.38. The summed E-state index contributed by atoms with van der Waals surface area (Å²) in [4.78, 5) is 30.1. The van der Waals surface area contributed by atoms with Crippen LogP contribution in [0.15, 0.2) is 42.7 Å². The first kappa shape index (κ1) is 19.4. The zero-order valence-electron chi connectivity index (χ0n) is 16.9. The van der Waals surface area contributed by atoms with Gasteiger partial charge in [0.05, 0.1) is 13.7 Å². The number of carbonyl (C=O) groups is 1. The lowest BCUT2D eigenvalue weighted by molar-refractivity contribution is -0.132. The van der Waals surface area contributed by atoms with Gasteiger partial charge in [0.2, 0.25) is 11.9 Å². The molecular formula is C21H28N6O2. The summed E-state index contributed by atoms with van der Waals surface area (Å²) in [7, 11) is 1.68. The van der Waals surface area contributed by atoms with Crippen molar-refractivity contribution in [3.8, 4) is 5.75 Å². The van der Waals surface area contributed by atoms with E-state index in [2.05, 4.69) is 36.8 Å². The number of hydrogen-bond acceptors (Lipinski definition) is 7. The van der Waals surface area contributed by atoms with Crippen LogP contribution in [0.1, 0.15) is 0 Å². The summed E-state index contributed by atoms with van der Waals surface area (Å²) < 4.78 is 5.23. The predicted molar refractivity (Wildman–Crippen MR) is 112 cm³/mol. The van der Waals surface area contributed by atoms with E-state index >= 15 is 0 Å². The largest absolute Gasteiger partial charge is 0.497 e. The van der Waals surface area contributed by atoms with Crippen molar-refractivity contribution in [2.75, 3.05) is 75.8 Å². The molecule has 2 aliphatic heterocycles. The van der Waals surface area contributed by atoms with Gasteiger partial charge < -0.3 is 19.4 Å². The number of methoxy groups -OCH3 is 1. The number of rotatable bonds is 5. The van der Waals surface area contributed by atoms with E-state index in [1.807, 2.05) is 23.1 Å². The Morgan fingerprint density at radius 1 is 0.897 bits per heavy atom. The predicted octanol–water partition coefficient (Wildman–Crippen LogP) is 0.956. The minimum Gasteiger partial charge on any atom is -0.497 e. The zero-order valence-corrected chi connectivity index (χ0v) is 16.9. The molecule has 29 heavy (non-hydrogen) atoms. The van der Waals surface area contributed by atoms with Crippen molar-refractivity contribution >= 4 is 17.5 Å². The van der Waals surface area contributed by atoms with Gasteiger partial charge >= 0.3 is 0 Å². The highest BCUT2D eigenvalue weighted by Crippen LogP contribution is 2.20. The maximum absolute atomic E-state index is 12.7. The first-order valence-electron chi connectivity index (χ1n) is 10.1. The van der Waals surface area contributed by atoms with E-state index in [1.165, 1.54) is 5.69 Å². The molecule has 8 heteroatoms. The maximum atomic E-state index is 12.7. The molecule has 1 aromatic carbocycles. The number of nitrogens with zero attached hydrogens (tertiary/aromatic N) is 6. The number of ether oxygens (including phenoxy) is 1. The first-order valence-corrected chi connectivity index (χ1v) is 10.1. The van der Waals surface area contributed by atoms with Gasteiger partial charge in [-0.25, -0.2) is 9.97 Å². The molecule has 0 unspecified atom stereocenters. The molecule has 8 nitrogen and oxygen atoms in total. The van der Waals surface area contributed by atoms with Crippen LogP contribution in [0.2, 0.25) is 0 Å². The van der Waals surface area contributed by atoms with Gasteiger partial charge in [0.1, 0.15) is 5.75 Å². The summed E-state index contributed by atoms with van der Waals surface area (Å²) in [5.41, 5.74) is 1.20. The third-order valence-corrected chi connectivity index (χ3v) is 5.64. The number of anilines is 2. The van der Waals surface area contributed by atoms with E-state index < -0.39 is 0 Å². The Labute approximate surface area is 171 Å². The smallest absolute Gasteiger partial charge is 0.236 e. The summed E-state index contributed by atoms with van der Waals surface area (Å²) in [5.74, 6) is 1.84. The van der Waals surface area contributed by atoms with Gasteiger partial charge in [0.25, 0.3) is 0 Å². The van der Waals surface area contributed by atoms with Gasteiger partial charge in [0, 0.05) is 70.4 Å². The zero-order chi connectivity index (χ0) is 20.1. The number of hydrogen-bond donors (Lipinski definition) is 0. The lowest BCUT2D eigenvalue weighted by Crippen LogP contribution is -2.54. The minimum absolute atomic E-state index is 0.219. The van der Waals surface area contributed by atoms with Crippen LogP contribution in [0.3, 0.4) is 0 Å². The quantitative estimate of drug-likeness (QED) is 0.746. The van der Waals surface area contributed by atoms with Gasteiger partial charge in [-0.3, -0.25) is 9.69 Å². The van der Waals surface area contributed by atoms with Crippen LogP contribution in [0, 0.1) is 0 Å². The monoisotopic (exact) mass is 396 g/mol. The lowest BCUT2D eigenvalue weighted by Gasteiger charge is -2.38. The summed E-state index contributed by atoms with van der Waals surface area (Å²) in [5, 5.41) is 0. The van der Waals surface area contributed by atoms with Crippen LogP contribution >= 0.6 is 0 Å². The summed E-state index contributed by atoms with van der Waals surface area (Å²) in [6.45, 7) is 7.16. The molecule has 0 bridgehead atoms. The highest BCUT2D eigenvalue weighted by Gasteiger charge is 2.25. The van der Waals surface area contributed by atoms with Crippen molar-refractivity contribution in [1.29, 1.82) is 0 Å². The lowest BCUT2D eigenvalue weighted by atomic mass is 10.2. The molecule has 0 N–H and O–H groups in total. The van der Waals surface area contributed by atoms with Crippen LogP contribution in [0.4, 0.5) is 11.6 Å². The Kier molecular flexibility index (Phi) is 6.09. The number of amides is 1. The molecule has 2 aromatic rings. The Bertz CT molecular complexity index is 785. The Hall–Kier alpha value is -2.87. The van der Waals surface area contributed by atoms with E-state index in [-0.39, 0.29) is 5.91 Å². The minimum atomic E-state index is 0.219. The molecule has 154 valence electrons. The van der Waals surface area contributed by atoms with E-state index in [4.69, 9.17) is 4.74 Å². The maximum Gasteiger partial charge on any atom is 0.236 e. The molecule has 0 saturated carbocycles. The van der Waals surface area contributed by atoms with Crippen LogP contribution < -0.4 is 14.5 Å². The Morgan fingerprint density at radius 2 is 1.52 bits per heavy atom. The number of aromatic nitrogens is 2. The van der Waals surface area contributed by atoms with Gasteiger partial charge in [-0.15, -0.1) is 0 Å². The van der Waals surface area contributed by atoms with Gasteiger partial charge in [-0.1, -0.05) is 0 Å². The molecule has 1 amide bonds. The molecule has 1 aromatic heterocycles. The van der Waals surface area contributed by atoms with E-state index in [1.54, 1.807) is 19.5 Å². The molecule has 4 rings (SSSR count). The molecule has 2 aliphatic rings. The van der Waals surface area contributed by atoms with Crippen molar-refractivity contribution in [3.05, 3.63) is 42.7 Å². The fraction of sp³-hybridized carbons (Fsp3) is 0.476. The second-order valence-corrected chi connectivity index (χ2v) is 7.38. The van der Waals surface area contributed by atoms with E-state index in [9.17, 15) is 4.79 Å². The van der Waals surface area contributed by atoms with E-state index in [0.29, 0.717) is 6.54 Å². The molecule has 0 aliphatic carbocycles. The van der Waals surface area contributed by atoms with Crippen molar-refractivity contribution in [1.82, 2.24) is 19.8 Å². The van der Waals surface area contributed by atoms with Crippen LogP contribution in [0.25, 0.3) is 0 Å². The Morgan fingerprint density at radius 3 is 2.14 bits per heavy atom. The fourth-order valence-corrected chi connectivity index (χ4v) is 3.86. The third kappa shape index (κ3) is 4.76. The van der Waals surface area contributed by atoms with Crippen molar-refractivity contribution in [2.24, 2.45) is 0 Å². The second kappa shape index (κ2) is 9.09.